The molecule has 0 aliphatic heterocycles. The third-order valence-corrected chi connectivity index (χ3v) is 9.70. The van der Waals surface area contributed by atoms with Gasteiger partial charge in [-0.25, -0.2) is 0 Å². The molecule has 1 N–H and O–H groups in total. The topological polar surface area (TPSA) is 12.0 Å². The van der Waals surface area contributed by atoms with E-state index < -0.39 is 0 Å². The number of rotatable bonds is 8. The van der Waals surface area contributed by atoms with E-state index in [0.717, 1.165) is 6.54 Å². The lowest BCUT2D eigenvalue weighted by Crippen LogP contribution is -2.00. The van der Waals surface area contributed by atoms with Gasteiger partial charge < -0.3 is 5.32 Å². The van der Waals surface area contributed by atoms with Gasteiger partial charge in [0, 0.05) is 32.4 Å². The summed E-state index contributed by atoms with van der Waals surface area (Å²) in [5, 5.41) is 6.49. The van der Waals surface area contributed by atoms with Crippen LogP contribution in [0.2, 0.25) is 0 Å². The third kappa shape index (κ3) is 3.67. The molecule has 0 spiro atoms. The van der Waals surface area contributed by atoms with E-state index in [9.17, 15) is 0 Å². The van der Waals surface area contributed by atoms with Crippen LogP contribution in [-0.2, 0) is 0 Å². The van der Waals surface area contributed by atoms with Crippen molar-refractivity contribution in [3.05, 3.63) is 42.0 Å². The maximum Gasteiger partial charge on any atom is 0.0642 e. The number of anilines is 1. The predicted molar refractivity (Wildman–Crippen MR) is 137 cm³/mol. The monoisotopic (exact) mass is 437 g/mol. The Kier molecular flexibility index (Phi) is 5.51. The average Bonchev–Trinajstić information content (AvgIpc) is 3.35. The Hall–Kier alpha value is -1.62. The zero-order valence-electron chi connectivity index (χ0n) is 17.1. The van der Waals surface area contributed by atoms with Crippen molar-refractivity contribution in [1.82, 2.24) is 0 Å². The maximum atomic E-state index is 3.64. The Balaban J connectivity index is 1.38. The second-order valence-electron chi connectivity index (χ2n) is 8.03. The van der Waals surface area contributed by atoms with Crippen molar-refractivity contribution in [3.63, 3.8) is 0 Å². The highest BCUT2D eigenvalue weighted by Crippen LogP contribution is 2.50. The summed E-state index contributed by atoms with van der Waals surface area (Å²) < 4.78 is 8.73. The van der Waals surface area contributed by atoms with E-state index in [2.05, 4.69) is 55.6 Å². The van der Waals surface area contributed by atoms with E-state index in [1.807, 2.05) is 34.0 Å². The lowest BCUT2D eigenvalue weighted by molar-refractivity contribution is 0.617. The molecule has 29 heavy (non-hydrogen) atoms. The number of fused-ring (bicyclic) bond motifs is 7. The number of unbranched alkanes of at least 4 members (excludes halogenated alkanes) is 5. The van der Waals surface area contributed by atoms with E-state index in [1.165, 1.54) is 88.7 Å². The summed E-state index contributed by atoms with van der Waals surface area (Å²) in [5.41, 5.74) is 2.61. The summed E-state index contributed by atoms with van der Waals surface area (Å²) in [6.07, 6.45) is 8.08. The van der Waals surface area contributed by atoms with Crippen LogP contribution in [0.1, 0.15) is 51.0 Å². The van der Waals surface area contributed by atoms with Crippen LogP contribution < -0.4 is 5.32 Å². The van der Waals surface area contributed by atoms with Crippen LogP contribution in [0.4, 0.5) is 5.69 Å². The summed E-state index contributed by atoms with van der Waals surface area (Å²) in [6, 6.07) is 13.8. The van der Waals surface area contributed by atoms with Crippen LogP contribution in [0.15, 0.2) is 36.4 Å². The molecule has 4 heteroatoms. The molecule has 0 atom stereocenters. The molecular formula is C25H27NS3. The van der Waals surface area contributed by atoms with Crippen LogP contribution in [0.3, 0.4) is 0 Å². The molecule has 0 amide bonds. The van der Waals surface area contributed by atoms with Crippen LogP contribution in [0.25, 0.3) is 39.0 Å². The fourth-order valence-corrected chi connectivity index (χ4v) is 8.51. The van der Waals surface area contributed by atoms with Gasteiger partial charge in [0.2, 0.25) is 0 Å². The Morgan fingerprint density at radius 3 is 2.10 bits per heavy atom. The summed E-state index contributed by atoms with van der Waals surface area (Å²) in [4.78, 5) is 0. The second kappa shape index (κ2) is 8.25. The highest BCUT2D eigenvalue weighted by molar-refractivity contribution is 7.43. The van der Waals surface area contributed by atoms with Crippen LogP contribution in [0, 0.1) is 6.92 Å². The molecule has 0 bridgehead atoms. The molecule has 2 aromatic carbocycles. The van der Waals surface area contributed by atoms with Gasteiger partial charge in [-0.1, -0.05) is 57.2 Å². The lowest BCUT2D eigenvalue weighted by atomic mass is 10.1. The fraction of sp³-hybridized carbons (Fsp3) is 0.360. The smallest absolute Gasteiger partial charge is 0.0642 e. The Bertz CT molecular complexity index is 1290. The first-order chi connectivity index (χ1) is 14.2. The summed E-state index contributed by atoms with van der Waals surface area (Å²) in [7, 11) is 0. The minimum Gasteiger partial charge on any atom is -0.385 e. The largest absolute Gasteiger partial charge is 0.385 e. The molecule has 0 fully saturated rings. The van der Waals surface area contributed by atoms with Gasteiger partial charge in [0.1, 0.15) is 0 Å². The molecule has 0 radical (unpaired) electrons. The average molecular weight is 438 g/mol. The van der Waals surface area contributed by atoms with Crippen molar-refractivity contribution >= 4 is 78.7 Å². The first-order valence-electron chi connectivity index (χ1n) is 10.8. The van der Waals surface area contributed by atoms with Crippen molar-refractivity contribution in [1.29, 1.82) is 0 Å². The third-order valence-electron chi connectivity index (χ3n) is 5.71. The molecule has 150 valence electrons. The predicted octanol–water partition coefficient (Wildman–Crippen LogP) is 9.56. The van der Waals surface area contributed by atoms with Crippen LogP contribution in [0.5, 0.6) is 0 Å². The number of hydrogen-bond acceptors (Lipinski definition) is 4. The van der Waals surface area contributed by atoms with Crippen molar-refractivity contribution < 1.29 is 0 Å². The van der Waals surface area contributed by atoms with E-state index in [4.69, 9.17) is 0 Å². The Morgan fingerprint density at radius 2 is 1.34 bits per heavy atom. The van der Waals surface area contributed by atoms with E-state index in [-0.39, 0.29) is 0 Å². The summed E-state index contributed by atoms with van der Waals surface area (Å²) >= 11 is 5.90. The molecule has 0 unspecified atom stereocenters. The van der Waals surface area contributed by atoms with Gasteiger partial charge in [-0.15, -0.1) is 34.0 Å². The van der Waals surface area contributed by atoms with Crippen molar-refractivity contribution in [2.75, 3.05) is 11.9 Å². The first kappa shape index (κ1) is 19.3. The Morgan fingerprint density at radius 1 is 0.690 bits per heavy atom. The van der Waals surface area contributed by atoms with E-state index in [0.29, 0.717) is 0 Å². The van der Waals surface area contributed by atoms with Crippen molar-refractivity contribution in [2.45, 2.75) is 52.4 Å². The second-order valence-corrected chi connectivity index (χ2v) is 11.2. The molecule has 5 aromatic rings. The molecule has 5 rings (SSSR count). The minimum absolute atomic E-state index is 1.08. The molecule has 3 aromatic heterocycles. The highest BCUT2D eigenvalue weighted by Gasteiger charge is 2.16. The molecule has 1 nitrogen and oxygen atoms in total. The fourth-order valence-electron chi connectivity index (χ4n) is 4.10. The maximum absolute atomic E-state index is 3.64. The first-order valence-corrected chi connectivity index (χ1v) is 13.2. The van der Waals surface area contributed by atoms with Crippen LogP contribution >= 0.6 is 34.0 Å². The molecule has 0 aliphatic rings. The lowest BCUT2D eigenvalue weighted by Gasteiger charge is -2.06. The quantitative estimate of drug-likeness (QED) is 0.238. The van der Waals surface area contributed by atoms with Gasteiger partial charge in [-0.3, -0.25) is 0 Å². The number of thiophene rings is 3. The number of nitrogens with one attached hydrogen (secondary N) is 1. The molecule has 0 saturated carbocycles. The number of hydrogen-bond donors (Lipinski definition) is 1. The van der Waals surface area contributed by atoms with Gasteiger partial charge >= 0.3 is 0 Å². The Labute approximate surface area is 184 Å². The number of aryl methyl sites for hydroxylation is 1. The van der Waals surface area contributed by atoms with Gasteiger partial charge in [-0.05, 0) is 37.1 Å². The zero-order chi connectivity index (χ0) is 19.8. The van der Waals surface area contributed by atoms with Crippen molar-refractivity contribution in [2.24, 2.45) is 0 Å². The molecule has 0 aliphatic carbocycles. The molecular weight excluding hydrogens is 410 g/mol. The van der Waals surface area contributed by atoms with Crippen molar-refractivity contribution in [3.8, 4) is 0 Å². The minimum atomic E-state index is 1.08. The van der Waals surface area contributed by atoms with Gasteiger partial charge in [0.25, 0.3) is 0 Å². The van der Waals surface area contributed by atoms with Crippen LogP contribution in [-0.4, -0.2) is 6.54 Å². The van der Waals surface area contributed by atoms with E-state index in [1.54, 1.807) is 0 Å². The normalized spacial score (nSPS) is 12.1. The van der Waals surface area contributed by atoms with Gasteiger partial charge in [0.15, 0.2) is 0 Å². The number of benzene rings is 2. The summed E-state index contributed by atoms with van der Waals surface area (Å²) in [6.45, 7) is 5.54. The zero-order valence-corrected chi connectivity index (χ0v) is 19.6. The highest BCUT2D eigenvalue weighted by atomic mass is 32.1. The SMILES string of the molecule is CCCCCCCCNc1ccc2c(c1)sc1c2sc2c3ccc(C)cc3sc21. The summed E-state index contributed by atoms with van der Waals surface area (Å²) in [5.74, 6) is 0. The van der Waals surface area contributed by atoms with Gasteiger partial charge in [0.05, 0.1) is 18.8 Å². The standard InChI is InChI=1S/C25H27NS3/c1-3-4-5-6-7-8-13-26-17-10-12-19-21(15-17)28-25-23(19)29-22-18-11-9-16(2)14-20(18)27-24(22)25/h9-12,14-15,26H,3-8,13H2,1-2H3. The molecule has 3 heterocycles. The van der Waals surface area contributed by atoms with Gasteiger partial charge in [-0.2, -0.15) is 0 Å². The van der Waals surface area contributed by atoms with E-state index >= 15 is 0 Å². The molecule has 0 saturated heterocycles.